The van der Waals surface area contributed by atoms with E-state index in [1.807, 2.05) is 24.3 Å². The summed E-state index contributed by atoms with van der Waals surface area (Å²) in [5.41, 5.74) is 0.843. The fraction of sp³-hybridized carbons (Fsp3) is 0.533. The average Bonchev–Trinajstić information content (AvgIpc) is 2.38. The first-order valence-electron chi connectivity index (χ1n) is 6.77. The van der Waals surface area contributed by atoms with Crippen molar-refractivity contribution in [2.75, 3.05) is 13.1 Å². The molecule has 1 aliphatic heterocycles. The molecule has 2 nitrogen and oxygen atoms in total. The molecule has 1 amide bonds. The fourth-order valence-electron chi connectivity index (χ4n) is 3.37. The SMILES string of the molecule is O=C(c1ccc(I)cc1)N1CC2CCCC(C2)C1. The first kappa shape index (κ1) is 12.5. The van der Waals surface area contributed by atoms with Crippen LogP contribution in [0.25, 0.3) is 0 Å². The second kappa shape index (κ2) is 5.19. The normalized spacial score (nSPS) is 27.1. The molecule has 1 heterocycles. The lowest BCUT2D eigenvalue weighted by atomic mass is 9.78. The molecule has 2 atom stereocenters. The highest BCUT2D eigenvalue weighted by Crippen LogP contribution is 2.34. The van der Waals surface area contributed by atoms with Gasteiger partial charge in [-0.05, 0) is 78.0 Å². The minimum absolute atomic E-state index is 0.225. The molecule has 1 aliphatic carbocycles. The molecule has 2 unspecified atom stereocenters. The molecule has 1 saturated heterocycles. The van der Waals surface area contributed by atoms with E-state index < -0.39 is 0 Å². The lowest BCUT2D eigenvalue weighted by Gasteiger charge is -2.41. The van der Waals surface area contributed by atoms with Crippen LogP contribution < -0.4 is 0 Å². The topological polar surface area (TPSA) is 20.3 Å². The van der Waals surface area contributed by atoms with Crippen LogP contribution in [0.4, 0.5) is 0 Å². The van der Waals surface area contributed by atoms with Crippen LogP contribution in [0.15, 0.2) is 24.3 Å². The standard InChI is InChI=1S/C15H18INO/c16-14-6-4-13(5-7-14)15(18)17-9-11-2-1-3-12(8-11)10-17/h4-7,11-12H,1-3,8-10H2. The Balaban J connectivity index is 1.74. The molecule has 96 valence electrons. The molecule has 18 heavy (non-hydrogen) atoms. The second-order valence-corrected chi connectivity index (χ2v) is 6.86. The van der Waals surface area contributed by atoms with Gasteiger partial charge in [-0.3, -0.25) is 4.79 Å². The van der Waals surface area contributed by atoms with Gasteiger partial charge in [0.1, 0.15) is 0 Å². The molecule has 0 aromatic heterocycles. The van der Waals surface area contributed by atoms with Gasteiger partial charge >= 0.3 is 0 Å². The average molecular weight is 355 g/mol. The van der Waals surface area contributed by atoms with E-state index in [-0.39, 0.29) is 5.91 Å². The van der Waals surface area contributed by atoms with E-state index >= 15 is 0 Å². The molecule has 2 fully saturated rings. The van der Waals surface area contributed by atoms with Crippen molar-refractivity contribution in [3.05, 3.63) is 33.4 Å². The molecule has 0 radical (unpaired) electrons. The van der Waals surface area contributed by atoms with E-state index in [1.165, 1.54) is 29.3 Å². The smallest absolute Gasteiger partial charge is 0.253 e. The van der Waals surface area contributed by atoms with Crippen LogP contribution >= 0.6 is 22.6 Å². The van der Waals surface area contributed by atoms with Crippen LogP contribution in [0.3, 0.4) is 0 Å². The number of rotatable bonds is 1. The van der Waals surface area contributed by atoms with Gasteiger partial charge in [-0.2, -0.15) is 0 Å². The predicted molar refractivity (Wildman–Crippen MR) is 80.5 cm³/mol. The van der Waals surface area contributed by atoms with Crippen LogP contribution in [0.2, 0.25) is 0 Å². The van der Waals surface area contributed by atoms with E-state index in [2.05, 4.69) is 27.5 Å². The quantitative estimate of drug-likeness (QED) is 0.706. The van der Waals surface area contributed by atoms with Gasteiger partial charge in [0.05, 0.1) is 0 Å². The molecule has 1 aromatic rings. The maximum atomic E-state index is 12.5. The number of hydrogen-bond acceptors (Lipinski definition) is 1. The maximum Gasteiger partial charge on any atom is 0.253 e. The summed E-state index contributed by atoms with van der Waals surface area (Å²) in [6, 6.07) is 7.93. The third-order valence-corrected chi connectivity index (χ3v) is 4.95. The Morgan fingerprint density at radius 1 is 1.11 bits per heavy atom. The molecule has 3 rings (SSSR count). The molecule has 0 N–H and O–H groups in total. The summed E-state index contributed by atoms with van der Waals surface area (Å²) < 4.78 is 1.18. The predicted octanol–water partition coefficient (Wildman–Crippen LogP) is 3.55. The van der Waals surface area contributed by atoms with Crippen LogP contribution in [-0.4, -0.2) is 23.9 Å². The second-order valence-electron chi connectivity index (χ2n) is 5.62. The van der Waals surface area contributed by atoms with E-state index in [4.69, 9.17) is 0 Å². The summed E-state index contributed by atoms with van der Waals surface area (Å²) in [7, 11) is 0. The van der Waals surface area contributed by atoms with Crippen LogP contribution in [0, 0.1) is 15.4 Å². The number of hydrogen-bond donors (Lipinski definition) is 0. The van der Waals surface area contributed by atoms with Crippen LogP contribution in [0.1, 0.15) is 36.0 Å². The summed E-state index contributed by atoms with van der Waals surface area (Å²) in [6.07, 6.45) is 5.33. The summed E-state index contributed by atoms with van der Waals surface area (Å²) in [4.78, 5) is 14.5. The monoisotopic (exact) mass is 355 g/mol. The van der Waals surface area contributed by atoms with Gasteiger partial charge in [-0.25, -0.2) is 0 Å². The Morgan fingerprint density at radius 2 is 1.72 bits per heavy atom. The number of carbonyl (C=O) groups is 1. The van der Waals surface area contributed by atoms with Gasteiger partial charge in [-0.1, -0.05) is 6.42 Å². The number of benzene rings is 1. The highest BCUT2D eigenvalue weighted by molar-refractivity contribution is 14.1. The van der Waals surface area contributed by atoms with Crippen molar-refractivity contribution < 1.29 is 4.79 Å². The molecular weight excluding hydrogens is 337 g/mol. The van der Waals surface area contributed by atoms with E-state index in [9.17, 15) is 4.79 Å². The number of piperidine rings is 1. The summed E-state index contributed by atoms with van der Waals surface area (Å²) in [5.74, 6) is 1.73. The Morgan fingerprint density at radius 3 is 2.33 bits per heavy atom. The van der Waals surface area contributed by atoms with Crippen molar-refractivity contribution in [1.29, 1.82) is 0 Å². The molecule has 2 aliphatic rings. The van der Waals surface area contributed by atoms with Gasteiger partial charge in [0.15, 0.2) is 0 Å². The molecule has 3 heteroatoms. The lowest BCUT2D eigenvalue weighted by Crippen LogP contribution is -2.45. The number of nitrogens with zero attached hydrogens (tertiary/aromatic N) is 1. The van der Waals surface area contributed by atoms with Crippen molar-refractivity contribution in [2.45, 2.75) is 25.7 Å². The van der Waals surface area contributed by atoms with Crippen molar-refractivity contribution in [3.8, 4) is 0 Å². The first-order chi connectivity index (χ1) is 8.72. The summed E-state index contributed by atoms with van der Waals surface area (Å²) >= 11 is 2.27. The van der Waals surface area contributed by atoms with E-state index in [0.29, 0.717) is 0 Å². The number of carbonyl (C=O) groups excluding carboxylic acids is 1. The van der Waals surface area contributed by atoms with Gasteiger partial charge in [0.25, 0.3) is 5.91 Å². The zero-order valence-corrected chi connectivity index (χ0v) is 12.6. The van der Waals surface area contributed by atoms with Crippen molar-refractivity contribution in [3.63, 3.8) is 0 Å². The number of amides is 1. The van der Waals surface area contributed by atoms with Gasteiger partial charge in [0, 0.05) is 22.2 Å². The highest BCUT2D eigenvalue weighted by Gasteiger charge is 2.32. The van der Waals surface area contributed by atoms with Crippen molar-refractivity contribution in [1.82, 2.24) is 4.90 Å². The molecular formula is C15H18INO. The van der Waals surface area contributed by atoms with Gasteiger partial charge in [-0.15, -0.1) is 0 Å². The Labute approximate surface area is 122 Å². The maximum absolute atomic E-state index is 12.5. The Bertz CT molecular complexity index is 430. The minimum Gasteiger partial charge on any atom is -0.338 e. The molecule has 1 aromatic carbocycles. The third kappa shape index (κ3) is 2.56. The van der Waals surface area contributed by atoms with Crippen LogP contribution in [0.5, 0.6) is 0 Å². The van der Waals surface area contributed by atoms with Gasteiger partial charge in [0.2, 0.25) is 0 Å². The number of halogens is 1. The van der Waals surface area contributed by atoms with Crippen molar-refractivity contribution >= 4 is 28.5 Å². The number of fused-ring (bicyclic) bond motifs is 2. The van der Waals surface area contributed by atoms with Gasteiger partial charge < -0.3 is 4.90 Å². The van der Waals surface area contributed by atoms with E-state index in [0.717, 1.165) is 30.5 Å². The number of likely N-dealkylation sites (tertiary alicyclic amines) is 1. The first-order valence-corrected chi connectivity index (χ1v) is 7.85. The van der Waals surface area contributed by atoms with E-state index in [1.54, 1.807) is 0 Å². The molecule has 2 bridgehead atoms. The van der Waals surface area contributed by atoms with Crippen LogP contribution in [-0.2, 0) is 0 Å². The highest BCUT2D eigenvalue weighted by atomic mass is 127. The zero-order valence-electron chi connectivity index (χ0n) is 10.4. The third-order valence-electron chi connectivity index (χ3n) is 4.23. The molecule has 0 spiro atoms. The lowest BCUT2D eigenvalue weighted by molar-refractivity contribution is 0.0504. The summed E-state index contributed by atoms with van der Waals surface area (Å²) in [5, 5.41) is 0. The summed E-state index contributed by atoms with van der Waals surface area (Å²) in [6.45, 7) is 1.95. The Hall–Kier alpha value is -0.580. The zero-order chi connectivity index (χ0) is 12.5. The molecule has 1 saturated carbocycles. The minimum atomic E-state index is 0.225. The fourth-order valence-corrected chi connectivity index (χ4v) is 3.73. The van der Waals surface area contributed by atoms with Crippen molar-refractivity contribution in [2.24, 2.45) is 11.8 Å². The largest absolute Gasteiger partial charge is 0.338 e. The Kier molecular flexibility index (Phi) is 3.59.